The molecule has 0 saturated heterocycles. The molecule has 0 saturated carbocycles. The van der Waals surface area contributed by atoms with Gasteiger partial charge < -0.3 is 14.8 Å². The van der Waals surface area contributed by atoms with E-state index in [1.54, 1.807) is 66.7 Å². The van der Waals surface area contributed by atoms with Gasteiger partial charge in [0.25, 0.3) is 0 Å². The third kappa shape index (κ3) is 7.19. The molecule has 0 aromatic heterocycles. The fraction of sp³-hybridized carbons (Fsp3) is 0.0833. The lowest BCUT2D eigenvalue weighted by Gasteiger charge is -2.06. The van der Waals surface area contributed by atoms with E-state index in [-0.39, 0.29) is 0 Å². The molecule has 0 aliphatic carbocycles. The van der Waals surface area contributed by atoms with Crippen LogP contribution in [-0.2, 0) is 9.59 Å². The van der Waals surface area contributed by atoms with Crippen LogP contribution in [0.5, 0.6) is 11.5 Å². The molecule has 8 nitrogen and oxygen atoms in total. The molecule has 33 heavy (non-hydrogen) atoms. The second-order valence-electron chi connectivity index (χ2n) is 6.58. The fourth-order valence-electron chi connectivity index (χ4n) is 2.61. The van der Waals surface area contributed by atoms with Gasteiger partial charge in [0.15, 0.2) is 0 Å². The van der Waals surface area contributed by atoms with Gasteiger partial charge >= 0.3 is 17.8 Å². The van der Waals surface area contributed by atoms with Gasteiger partial charge in [-0.05, 0) is 79.2 Å². The largest absolute Gasteiger partial charge is 0.494 e. The molecule has 2 N–H and O–H groups in total. The summed E-state index contributed by atoms with van der Waals surface area (Å²) in [5.41, 5.74) is 3.55. The number of anilines is 1. The lowest BCUT2D eigenvalue weighted by atomic mass is 10.2. The zero-order valence-electron chi connectivity index (χ0n) is 17.6. The SMILES string of the molecule is CCOc1ccc(NC(=O)C(=O)N/N=C\c2ccc(OC(=O)c3cccc(Cl)c3)cc2)cc1. The predicted octanol–water partition coefficient (Wildman–Crippen LogP) is 4.05. The van der Waals surface area contributed by atoms with Gasteiger partial charge in [-0.3, -0.25) is 9.59 Å². The minimum absolute atomic E-state index is 0.330. The Morgan fingerprint density at radius 1 is 0.939 bits per heavy atom. The summed E-state index contributed by atoms with van der Waals surface area (Å²) in [7, 11) is 0. The van der Waals surface area contributed by atoms with Crippen molar-refractivity contribution < 1.29 is 23.9 Å². The average Bonchev–Trinajstić information content (AvgIpc) is 2.81. The number of amides is 2. The van der Waals surface area contributed by atoms with Crippen molar-refractivity contribution in [2.45, 2.75) is 6.92 Å². The van der Waals surface area contributed by atoms with E-state index in [1.807, 2.05) is 6.92 Å². The zero-order valence-corrected chi connectivity index (χ0v) is 18.3. The lowest BCUT2D eigenvalue weighted by Crippen LogP contribution is -2.32. The number of halogens is 1. The van der Waals surface area contributed by atoms with E-state index in [0.29, 0.717) is 39.9 Å². The van der Waals surface area contributed by atoms with Crippen molar-refractivity contribution in [1.29, 1.82) is 0 Å². The quantitative estimate of drug-likeness (QED) is 0.180. The van der Waals surface area contributed by atoms with Crippen LogP contribution in [0.4, 0.5) is 5.69 Å². The number of hydrazone groups is 1. The third-order valence-electron chi connectivity index (χ3n) is 4.16. The molecule has 3 rings (SSSR count). The van der Waals surface area contributed by atoms with Gasteiger partial charge in [-0.25, -0.2) is 10.2 Å². The van der Waals surface area contributed by atoms with Crippen LogP contribution in [0.15, 0.2) is 77.9 Å². The predicted molar refractivity (Wildman–Crippen MR) is 125 cm³/mol. The highest BCUT2D eigenvalue weighted by Crippen LogP contribution is 2.17. The van der Waals surface area contributed by atoms with Crippen molar-refractivity contribution in [2.75, 3.05) is 11.9 Å². The molecule has 0 heterocycles. The number of benzene rings is 3. The monoisotopic (exact) mass is 465 g/mol. The second-order valence-corrected chi connectivity index (χ2v) is 7.02. The van der Waals surface area contributed by atoms with E-state index in [4.69, 9.17) is 21.1 Å². The molecule has 0 radical (unpaired) electrons. The molecule has 9 heteroatoms. The summed E-state index contributed by atoms with van der Waals surface area (Å²) in [5.74, 6) is -1.33. The molecule has 0 spiro atoms. The summed E-state index contributed by atoms with van der Waals surface area (Å²) < 4.78 is 10.6. The number of hydrogen-bond donors (Lipinski definition) is 2. The van der Waals surface area contributed by atoms with E-state index in [2.05, 4.69) is 15.8 Å². The van der Waals surface area contributed by atoms with E-state index < -0.39 is 17.8 Å². The maximum Gasteiger partial charge on any atom is 0.343 e. The molecule has 0 fully saturated rings. The van der Waals surface area contributed by atoms with Crippen molar-refractivity contribution in [3.05, 3.63) is 88.9 Å². The van der Waals surface area contributed by atoms with Gasteiger partial charge in [0.05, 0.1) is 18.4 Å². The van der Waals surface area contributed by atoms with Gasteiger partial charge in [-0.1, -0.05) is 17.7 Å². The van der Waals surface area contributed by atoms with Gasteiger partial charge in [0, 0.05) is 10.7 Å². The highest BCUT2D eigenvalue weighted by atomic mass is 35.5. The first-order chi connectivity index (χ1) is 15.9. The molecule has 0 atom stereocenters. The van der Waals surface area contributed by atoms with Crippen LogP contribution >= 0.6 is 11.6 Å². The fourth-order valence-corrected chi connectivity index (χ4v) is 2.80. The highest BCUT2D eigenvalue weighted by molar-refractivity contribution is 6.39. The van der Waals surface area contributed by atoms with Crippen molar-refractivity contribution >= 4 is 41.3 Å². The summed E-state index contributed by atoms with van der Waals surface area (Å²) in [4.78, 5) is 36.0. The Bertz CT molecular complexity index is 1160. The Kier molecular flexibility index (Phi) is 8.15. The molecule has 3 aromatic rings. The minimum atomic E-state index is -0.924. The number of carbonyl (C=O) groups excluding carboxylic acids is 3. The first-order valence-corrected chi connectivity index (χ1v) is 10.3. The maximum absolute atomic E-state index is 12.1. The van der Waals surface area contributed by atoms with Crippen LogP contribution in [-0.4, -0.2) is 30.6 Å². The smallest absolute Gasteiger partial charge is 0.343 e. The number of nitrogens with one attached hydrogen (secondary N) is 2. The second kappa shape index (κ2) is 11.4. The van der Waals surface area contributed by atoms with E-state index in [9.17, 15) is 14.4 Å². The van der Waals surface area contributed by atoms with E-state index in [1.165, 1.54) is 12.3 Å². The molecule has 3 aromatic carbocycles. The Balaban J connectivity index is 1.48. The first-order valence-electron chi connectivity index (χ1n) is 9.89. The van der Waals surface area contributed by atoms with Crippen molar-refractivity contribution in [3.63, 3.8) is 0 Å². The molecular weight excluding hydrogens is 446 g/mol. The Hall–Kier alpha value is -4.17. The highest BCUT2D eigenvalue weighted by Gasteiger charge is 2.13. The number of esters is 1. The van der Waals surface area contributed by atoms with Gasteiger partial charge in [0.1, 0.15) is 11.5 Å². The Morgan fingerprint density at radius 3 is 2.30 bits per heavy atom. The third-order valence-corrected chi connectivity index (χ3v) is 4.40. The number of hydrogen-bond acceptors (Lipinski definition) is 6. The van der Waals surface area contributed by atoms with Crippen LogP contribution < -0.4 is 20.2 Å². The number of rotatable bonds is 7. The standard InChI is InChI=1S/C24H20ClN3O5/c1-2-32-20-12-8-19(9-13-20)27-22(29)23(30)28-26-15-16-6-10-21(11-7-16)33-24(31)17-4-3-5-18(25)14-17/h3-15H,2H2,1H3,(H,27,29)(H,28,30)/b26-15-. The van der Waals surface area contributed by atoms with Crippen LogP contribution in [0.1, 0.15) is 22.8 Å². The average molecular weight is 466 g/mol. The van der Waals surface area contributed by atoms with E-state index in [0.717, 1.165) is 0 Å². The molecule has 2 amide bonds. The topological polar surface area (TPSA) is 106 Å². The Morgan fingerprint density at radius 2 is 1.64 bits per heavy atom. The Labute approximate surface area is 195 Å². The van der Waals surface area contributed by atoms with Crippen LogP contribution in [0.2, 0.25) is 5.02 Å². The molecule has 0 aliphatic heterocycles. The maximum atomic E-state index is 12.1. The number of ether oxygens (including phenoxy) is 2. The summed E-state index contributed by atoms with van der Waals surface area (Å²) in [6.07, 6.45) is 1.35. The summed E-state index contributed by atoms with van der Waals surface area (Å²) >= 11 is 5.88. The van der Waals surface area contributed by atoms with Crippen molar-refractivity contribution in [1.82, 2.24) is 5.43 Å². The van der Waals surface area contributed by atoms with Crippen LogP contribution in [0, 0.1) is 0 Å². The van der Waals surface area contributed by atoms with Crippen molar-refractivity contribution in [3.8, 4) is 11.5 Å². The first kappa shape index (κ1) is 23.5. The van der Waals surface area contributed by atoms with Gasteiger partial charge in [-0.15, -0.1) is 0 Å². The summed E-state index contributed by atoms with van der Waals surface area (Å²) in [5, 5.41) is 6.66. The summed E-state index contributed by atoms with van der Waals surface area (Å²) in [6.45, 7) is 2.40. The van der Waals surface area contributed by atoms with Crippen molar-refractivity contribution in [2.24, 2.45) is 5.10 Å². The molecular formula is C24H20ClN3O5. The van der Waals surface area contributed by atoms with Crippen LogP contribution in [0.3, 0.4) is 0 Å². The lowest BCUT2D eigenvalue weighted by molar-refractivity contribution is -0.136. The minimum Gasteiger partial charge on any atom is -0.494 e. The molecule has 0 aliphatic rings. The zero-order chi connectivity index (χ0) is 23.6. The number of carbonyl (C=O) groups is 3. The van der Waals surface area contributed by atoms with Crippen LogP contribution in [0.25, 0.3) is 0 Å². The molecule has 168 valence electrons. The normalized spacial score (nSPS) is 10.5. The summed E-state index contributed by atoms with van der Waals surface area (Å²) in [6, 6.07) is 19.5. The number of nitrogens with zero attached hydrogens (tertiary/aromatic N) is 1. The van der Waals surface area contributed by atoms with E-state index >= 15 is 0 Å². The molecule has 0 unspecified atom stereocenters. The van der Waals surface area contributed by atoms with Gasteiger partial charge in [0.2, 0.25) is 0 Å². The van der Waals surface area contributed by atoms with Gasteiger partial charge in [-0.2, -0.15) is 5.10 Å². The molecule has 0 bridgehead atoms.